The minimum absolute atomic E-state index is 0.0630. The standard InChI is InChI=1S/C14H12N2O4S/c1-8-3-4-11(6-12(8)14(17)18)21-13-9(2)5-10(7-15-13)16(19)20/h3-7H,1-2H3,(H,17,18). The minimum Gasteiger partial charge on any atom is -0.478 e. The van der Waals surface area contributed by atoms with Crippen LogP contribution < -0.4 is 0 Å². The van der Waals surface area contributed by atoms with Crippen LogP contribution >= 0.6 is 11.8 Å². The van der Waals surface area contributed by atoms with E-state index in [1.165, 1.54) is 24.0 Å². The second kappa shape index (κ2) is 5.92. The van der Waals surface area contributed by atoms with E-state index in [9.17, 15) is 14.9 Å². The third kappa shape index (κ3) is 3.38. The number of nitrogens with zero attached hydrogens (tertiary/aromatic N) is 2. The van der Waals surface area contributed by atoms with Crippen LogP contribution in [0.25, 0.3) is 0 Å². The van der Waals surface area contributed by atoms with E-state index in [1.807, 2.05) is 0 Å². The van der Waals surface area contributed by atoms with Gasteiger partial charge in [0.25, 0.3) is 5.69 Å². The van der Waals surface area contributed by atoms with Crippen LogP contribution in [0.1, 0.15) is 21.5 Å². The van der Waals surface area contributed by atoms with Gasteiger partial charge in [0.15, 0.2) is 0 Å². The summed E-state index contributed by atoms with van der Waals surface area (Å²) in [5, 5.41) is 20.4. The number of aryl methyl sites for hydroxylation is 2. The first-order chi connectivity index (χ1) is 9.88. The highest BCUT2D eigenvalue weighted by molar-refractivity contribution is 7.99. The highest BCUT2D eigenvalue weighted by Gasteiger charge is 2.12. The molecule has 2 aromatic rings. The first-order valence-electron chi connectivity index (χ1n) is 6.01. The first-order valence-corrected chi connectivity index (χ1v) is 6.83. The molecular weight excluding hydrogens is 292 g/mol. The van der Waals surface area contributed by atoms with Crippen molar-refractivity contribution in [2.75, 3.05) is 0 Å². The predicted octanol–water partition coefficient (Wildman–Crippen LogP) is 3.46. The van der Waals surface area contributed by atoms with E-state index in [0.29, 0.717) is 16.2 Å². The number of pyridine rings is 1. The number of nitro groups is 1. The second-order valence-electron chi connectivity index (χ2n) is 4.46. The molecule has 0 saturated heterocycles. The Morgan fingerprint density at radius 3 is 2.57 bits per heavy atom. The fourth-order valence-corrected chi connectivity index (χ4v) is 2.62. The predicted molar refractivity (Wildman–Crippen MR) is 77.9 cm³/mol. The van der Waals surface area contributed by atoms with E-state index < -0.39 is 10.9 Å². The number of carboxylic acids is 1. The maximum Gasteiger partial charge on any atom is 0.335 e. The molecule has 2 rings (SSSR count). The molecule has 0 aliphatic heterocycles. The van der Waals surface area contributed by atoms with Gasteiger partial charge >= 0.3 is 5.97 Å². The summed E-state index contributed by atoms with van der Waals surface area (Å²) < 4.78 is 0. The lowest BCUT2D eigenvalue weighted by Gasteiger charge is -2.07. The Morgan fingerprint density at radius 1 is 1.29 bits per heavy atom. The van der Waals surface area contributed by atoms with Crippen LogP contribution in [0.2, 0.25) is 0 Å². The van der Waals surface area contributed by atoms with Crippen molar-refractivity contribution in [1.29, 1.82) is 0 Å². The summed E-state index contributed by atoms with van der Waals surface area (Å²) in [4.78, 5) is 26.1. The van der Waals surface area contributed by atoms with Gasteiger partial charge in [-0.2, -0.15) is 0 Å². The number of rotatable bonds is 4. The van der Waals surface area contributed by atoms with Crippen LogP contribution in [0.5, 0.6) is 0 Å². The SMILES string of the molecule is Cc1ccc(Sc2ncc([N+](=O)[O-])cc2C)cc1C(=O)O. The van der Waals surface area contributed by atoms with Crippen molar-refractivity contribution in [3.05, 3.63) is 57.3 Å². The molecule has 7 heteroatoms. The molecule has 0 amide bonds. The Bertz CT molecular complexity index is 731. The normalized spacial score (nSPS) is 10.4. The highest BCUT2D eigenvalue weighted by atomic mass is 32.2. The van der Waals surface area contributed by atoms with Crippen LogP contribution in [-0.4, -0.2) is 21.0 Å². The number of aromatic carboxylic acids is 1. The van der Waals surface area contributed by atoms with Gasteiger partial charge in [-0.15, -0.1) is 0 Å². The van der Waals surface area contributed by atoms with E-state index in [4.69, 9.17) is 5.11 Å². The lowest BCUT2D eigenvalue weighted by atomic mass is 10.1. The van der Waals surface area contributed by atoms with Crippen LogP contribution in [-0.2, 0) is 0 Å². The van der Waals surface area contributed by atoms with Gasteiger partial charge in [0, 0.05) is 11.0 Å². The minimum atomic E-state index is -0.983. The number of hydrogen-bond acceptors (Lipinski definition) is 5. The van der Waals surface area contributed by atoms with Crippen molar-refractivity contribution < 1.29 is 14.8 Å². The molecule has 0 bridgehead atoms. The monoisotopic (exact) mass is 304 g/mol. The third-order valence-corrected chi connectivity index (χ3v) is 3.99. The quantitative estimate of drug-likeness (QED) is 0.686. The van der Waals surface area contributed by atoms with E-state index in [2.05, 4.69) is 4.98 Å². The lowest BCUT2D eigenvalue weighted by Crippen LogP contribution is -1.99. The summed E-state index contributed by atoms with van der Waals surface area (Å²) in [5.74, 6) is -0.983. The zero-order chi connectivity index (χ0) is 15.6. The first kappa shape index (κ1) is 15.0. The maximum atomic E-state index is 11.1. The van der Waals surface area contributed by atoms with Gasteiger partial charge in [-0.05, 0) is 37.1 Å². The van der Waals surface area contributed by atoms with Crippen LogP contribution in [0, 0.1) is 24.0 Å². The lowest BCUT2D eigenvalue weighted by molar-refractivity contribution is -0.385. The Balaban J connectivity index is 2.32. The van der Waals surface area contributed by atoms with Gasteiger partial charge in [0.1, 0.15) is 11.2 Å². The highest BCUT2D eigenvalue weighted by Crippen LogP contribution is 2.31. The summed E-state index contributed by atoms with van der Waals surface area (Å²) in [6, 6.07) is 6.55. The molecule has 0 radical (unpaired) electrons. The molecule has 1 aromatic heterocycles. The molecule has 0 aliphatic carbocycles. The van der Waals surface area contributed by atoms with Crippen molar-refractivity contribution in [3.63, 3.8) is 0 Å². The Hall–Kier alpha value is -2.41. The Labute approximate surface area is 125 Å². The van der Waals surface area contributed by atoms with Crippen molar-refractivity contribution in [1.82, 2.24) is 4.98 Å². The molecule has 0 saturated carbocycles. The molecule has 0 spiro atoms. The van der Waals surface area contributed by atoms with Gasteiger partial charge in [0.2, 0.25) is 0 Å². The summed E-state index contributed by atoms with van der Waals surface area (Å²) >= 11 is 1.28. The fraction of sp³-hybridized carbons (Fsp3) is 0.143. The second-order valence-corrected chi connectivity index (χ2v) is 5.52. The molecule has 0 atom stereocenters. The molecule has 108 valence electrons. The number of carboxylic acid groups (broad SMARTS) is 1. The van der Waals surface area contributed by atoms with E-state index in [-0.39, 0.29) is 11.3 Å². The van der Waals surface area contributed by atoms with Gasteiger partial charge in [0.05, 0.1) is 10.5 Å². The maximum absolute atomic E-state index is 11.1. The molecule has 1 heterocycles. The third-order valence-electron chi connectivity index (χ3n) is 2.88. The molecule has 0 aliphatic rings. The topological polar surface area (TPSA) is 93.3 Å². The van der Waals surface area contributed by atoms with Gasteiger partial charge < -0.3 is 5.11 Å². The van der Waals surface area contributed by atoms with Crippen LogP contribution in [0.4, 0.5) is 5.69 Å². The largest absolute Gasteiger partial charge is 0.478 e. The Morgan fingerprint density at radius 2 is 2.00 bits per heavy atom. The molecule has 1 aromatic carbocycles. The van der Waals surface area contributed by atoms with Crippen molar-refractivity contribution in [2.45, 2.75) is 23.8 Å². The van der Waals surface area contributed by atoms with E-state index >= 15 is 0 Å². The summed E-state index contributed by atoms with van der Waals surface area (Å²) in [7, 11) is 0. The van der Waals surface area contributed by atoms with Gasteiger partial charge in [-0.25, -0.2) is 9.78 Å². The van der Waals surface area contributed by atoms with Gasteiger partial charge in [-0.1, -0.05) is 17.8 Å². The number of hydrogen-bond donors (Lipinski definition) is 1. The average Bonchev–Trinajstić information content (AvgIpc) is 2.42. The number of carbonyl (C=O) groups is 1. The summed E-state index contributed by atoms with van der Waals surface area (Å²) in [6.45, 7) is 3.46. The van der Waals surface area contributed by atoms with E-state index in [1.54, 1.807) is 32.0 Å². The van der Waals surface area contributed by atoms with Gasteiger partial charge in [-0.3, -0.25) is 10.1 Å². The average molecular weight is 304 g/mol. The molecule has 0 fully saturated rings. The van der Waals surface area contributed by atoms with E-state index in [0.717, 1.165) is 4.90 Å². The molecular formula is C14H12N2O4S. The molecule has 1 N–H and O–H groups in total. The van der Waals surface area contributed by atoms with Crippen molar-refractivity contribution >= 4 is 23.4 Å². The number of benzene rings is 1. The molecule has 0 unspecified atom stereocenters. The molecule has 21 heavy (non-hydrogen) atoms. The summed E-state index contributed by atoms with van der Waals surface area (Å²) in [6.07, 6.45) is 1.20. The van der Waals surface area contributed by atoms with Crippen LogP contribution in [0.15, 0.2) is 40.4 Å². The summed E-state index contributed by atoms with van der Waals surface area (Å²) in [5.41, 5.74) is 1.53. The van der Waals surface area contributed by atoms with Crippen LogP contribution in [0.3, 0.4) is 0 Å². The zero-order valence-corrected chi connectivity index (χ0v) is 12.2. The van der Waals surface area contributed by atoms with Crippen molar-refractivity contribution in [3.8, 4) is 0 Å². The molecule has 6 nitrogen and oxygen atoms in total. The Kier molecular flexibility index (Phi) is 4.23. The number of aromatic nitrogens is 1. The zero-order valence-electron chi connectivity index (χ0n) is 11.4. The van der Waals surface area contributed by atoms with Crippen molar-refractivity contribution in [2.24, 2.45) is 0 Å². The smallest absolute Gasteiger partial charge is 0.335 e. The fourth-order valence-electron chi connectivity index (χ4n) is 1.76.